The van der Waals surface area contributed by atoms with Gasteiger partial charge in [-0.15, -0.1) is 0 Å². The lowest BCUT2D eigenvalue weighted by Gasteiger charge is -2.15. The van der Waals surface area contributed by atoms with Crippen LogP contribution in [0.25, 0.3) is 10.8 Å². The first-order valence-corrected chi connectivity index (χ1v) is 10.1. The van der Waals surface area contributed by atoms with Crippen LogP contribution in [0.5, 0.6) is 5.75 Å². The van der Waals surface area contributed by atoms with E-state index in [1.807, 2.05) is 49.4 Å². The molecular weight excluding hydrogens is 362 g/mol. The lowest BCUT2D eigenvalue weighted by molar-refractivity contribution is -0.121. The molecule has 0 saturated carbocycles. The summed E-state index contributed by atoms with van der Waals surface area (Å²) in [6.45, 7) is 2.30. The van der Waals surface area contributed by atoms with E-state index in [4.69, 9.17) is 10.5 Å². The highest BCUT2D eigenvalue weighted by molar-refractivity contribution is 5.90. The zero-order valence-corrected chi connectivity index (χ0v) is 16.8. The summed E-state index contributed by atoms with van der Waals surface area (Å²) in [6, 6.07) is 21.5. The maximum atomic E-state index is 12.9. The Balaban J connectivity index is 1.66. The van der Waals surface area contributed by atoms with E-state index in [0.717, 1.165) is 28.3 Å². The molecule has 0 radical (unpaired) electrons. The summed E-state index contributed by atoms with van der Waals surface area (Å²) in [4.78, 5) is 24.5. The maximum Gasteiger partial charge on any atom is 0.170 e. The molecule has 3 rings (SSSR count). The van der Waals surface area contributed by atoms with Gasteiger partial charge in [0.2, 0.25) is 0 Å². The van der Waals surface area contributed by atoms with Crippen molar-refractivity contribution in [2.75, 3.05) is 13.2 Å². The number of ether oxygens (including phenoxy) is 1. The van der Waals surface area contributed by atoms with E-state index in [1.165, 1.54) is 0 Å². The molecule has 0 fully saturated rings. The Morgan fingerprint density at radius 2 is 1.69 bits per heavy atom. The van der Waals surface area contributed by atoms with E-state index in [9.17, 15) is 9.59 Å². The summed E-state index contributed by atoms with van der Waals surface area (Å²) in [5.41, 5.74) is 7.78. The van der Waals surface area contributed by atoms with Crippen molar-refractivity contribution < 1.29 is 14.3 Å². The average Bonchev–Trinajstić information content (AvgIpc) is 2.74. The highest BCUT2D eigenvalue weighted by Gasteiger charge is 2.19. The highest BCUT2D eigenvalue weighted by Crippen LogP contribution is 2.23. The Morgan fingerprint density at radius 3 is 2.38 bits per heavy atom. The fourth-order valence-electron chi connectivity index (χ4n) is 3.44. The molecule has 1 unspecified atom stereocenters. The maximum absolute atomic E-state index is 12.9. The third-order valence-electron chi connectivity index (χ3n) is 5.03. The van der Waals surface area contributed by atoms with Crippen LogP contribution in [-0.2, 0) is 16.0 Å². The number of ketones is 2. The molecule has 0 aliphatic rings. The van der Waals surface area contributed by atoms with Crippen LogP contribution in [0.2, 0.25) is 0 Å². The van der Waals surface area contributed by atoms with Crippen LogP contribution in [0.1, 0.15) is 36.8 Å². The van der Waals surface area contributed by atoms with Crippen molar-refractivity contribution >= 4 is 22.3 Å². The van der Waals surface area contributed by atoms with Crippen LogP contribution in [0, 0.1) is 0 Å². The number of carbonyl (C=O) groups is 2. The van der Waals surface area contributed by atoms with E-state index < -0.39 is 0 Å². The molecule has 0 aromatic heterocycles. The standard InChI is InChI=1S/C25H27NO3/c1-2-5-22(27)17-29-23-12-10-20(11-13-23)24(16-26)25(28)15-18-8-9-19-6-3-4-7-21(19)14-18/h3-4,6-14,24H,2,5,15-17,26H2,1H3. The van der Waals surface area contributed by atoms with Crippen molar-refractivity contribution in [2.24, 2.45) is 5.73 Å². The Morgan fingerprint density at radius 1 is 0.966 bits per heavy atom. The van der Waals surface area contributed by atoms with Crippen molar-refractivity contribution in [3.05, 3.63) is 77.9 Å². The minimum atomic E-state index is -0.364. The predicted molar refractivity (Wildman–Crippen MR) is 116 cm³/mol. The third-order valence-corrected chi connectivity index (χ3v) is 5.03. The molecule has 0 heterocycles. The number of hydrogen-bond donors (Lipinski definition) is 1. The number of benzene rings is 3. The predicted octanol–water partition coefficient (Wildman–Crippen LogP) is 4.44. The van der Waals surface area contributed by atoms with Gasteiger partial charge in [0.05, 0.1) is 5.92 Å². The summed E-state index contributed by atoms with van der Waals surface area (Å²) in [7, 11) is 0. The van der Waals surface area contributed by atoms with Crippen molar-refractivity contribution in [3.63, 3.8) is 0 Å². The van der Waals surface area contributed by atoms with E-state index in [-0.39, 0.29) is 30.6 Å². The van der Waals surface area contributed by atoms with Crippen LogP contribution >= 0.6 is 0 Å². The van der Waals surface area contributed by atoms with Gasteiger partial charge < -0.3 is 10.5 Å². The molecule has 0 aliphatic carbocycles. The van der Waals surface area contributed by atoms with Gasteiger partial charge in [0.1, 0.15) is 18.1 Å². The van der Waals surface area contributed by atoms with Gasteiger partial charge >= 0.3 is 0 Å². The highest BCUT2D eigenvalue weighted by atomic mass is 16.5. The molecular formula is C25H27NO3. The Labute approximate surface area is 171 Å². The van der Waals surface area contributed by atoms with E-state index in [1.54, 1.807) is 12.1 Å². The lowest BCUT2D eigenvalue weighted by atomic mass is 9.90. The van der Waals surface area contributed by atoms with E-state index in [0.29, 0.717) is 18.6 Å². The largest absolute Gasteiger partial charge is 0.486 e. The van der Waals surface area contributed by atoms with Gasteiger partial charge in [-0.2, -0.15) is 0 Å². The van der Waals surface area contributed by atoms with Gasteiger partial charge in [0.25, 0.3) is 0 Å². The molecule has 0 saturated heterocycles. The molecule has 3 aromatic carbocycles. The number of fused-ring (bicyclic) bond motifs is 1. The fraction of sp³-hybridized carbons (Fsp3) is 0.280. The summed E-state index contributed by atoms with van der Waals surface area (Å²) in [5.74, 6) is 0.435. The van der Waals surface area contributed by atoms with Gasteiger partial charge in [-0.25, -0.2) is 0 Å². The number of Topliss-reactive ketones (excluding diaryl/α,β-unsaturated/α-hetero) is 2. The first-order valence-electron chi connectivity index (χ1n) is 10.1. The quantitative estimate of drug-likeness (QED) is 0.556. The molecule has 4 heteroatoms. The molecule has 0 bridgehead atoms. The third kappa shape index (κ3) is 5.52. The van der Waals surface area contributed by atoms with Crippen molar-refractivity contribution in [3.8, 4) is 5.75 Å². The van der Waals surface area contributed by atoms with Gasteiger partial charge in [0.15, 0.2) is 5.78 Å². The van der Waals surface area contributed by atoms with Crippen LogP contribution in [0.3, 0.4) is 0 Å². The SMILES string of the molecule is CCCC(=O)COc1ccc(C(CN)C(=O)Cc2ccc3ccccc3c2)cc1. The smallest absolute Gasteiger partial charge is 0.170 e. The first-order chi connectivity index (χ1) is 14.1. The van der Waals surface area contributed by atoms with Crippen LogP contribution in [0.4, 0.5) is 0 Å². The monoisotopic (exact) mass is 389 g/mol. The number of carbonyl (C=O) groups excluding carboxylic acids is 2. The summed E-state index contributed by atoms with van der Waals surface area (Å²) in [6.07, 6.45) is 1.69. The second-order valence-corrected chi connectivity index (χ2v) is 7.26. The number of nitrogens with two attached hydrogens (primary N) is 1. The number of rotatable bonds is 10. The molecule has 29 heavy (non-hydrogen) atoms. The molecule has 0 amide bonds. The topological polar surface area (TPSA) is 69.4 Å². The zero-order valence-electron chi connectivity index (χ0n) is 16.8. The Kier molecular flexibility index (Phi) is 7.14. The molecule has 1 atom stereocenters. The Bertz CT molecular complexity index is 979. The van der Waals surface area contributed by atoms with Crippen LogP contribution in [0.15, 0.2) is 66.7 Å². The van der Waals surface area contributed by atoms with Crippen LogP contribution < -0.4 is 10.5 Å². The summed E-state index contributed by atoms with van der Waals surface area (Å²) in [5, 5.41) is 2.29. The minimum absolute atomic E-state index is 0.0778. The van der Waals surface area contributed by atoms with Crippen molar-refractivity contribution in [1.82, 2.24) is 0 Å². The van der Waals surface area contributed by atoms with Crippen molar-refractivity contribution in [2.45, 2.75) is 32.1 Å². The molecule has 2 N–H and O–H groups in total. The summed E-state index contributed by atoms with van der Waals surface area (Å²) >= 11 is 0. The van der Waals surface area contributed by atoms with Gasteiger partial charge in [-0.05, 0) is 40.5 Å². The van der Waals surface area contributed by atoms with E-state index >= 15 is 0 Å². The first kappa shape index (κ1) is 20.7. The van der Waals surface area contributed by atoms with Crippen molar-refractivity contribution in [1.29, 1.82) is 0 Å². The minimum Gasteiger partial charge on any atom is -0.486 e. The Hall–Kier alpha value is -2.98. The number of hydrogen-bond acceptors (Lipinski definition) is 4. The second kappa shape index (κ2) is 9.99. The van der Waals surface area contributed by atoms with Gasteiger partial charge in [-0.1, -0.05) is 61.5 Å². The molecule has 0 spiro atoms. The molecule has 4 nitrogen and oxygen atoms in total. The van der Waals surface area contributed by atoms with Gasteiger partial charge in [0, 0.05) is 19.4 Å². The fourth-order valence-corrected chi connectivity index (χ4v) is 3.44. The lowest BCUT2D eigenvalue weighted by Crippen LogP contribution is -2.23. The molecule has 3 aromatic rings. The molecule has 150 valence electrons. The second-order valence-electron chi connectivity index (χ2n) is 7.26. The normalized spacial score (nSPS) is 11.9. The molecule has 0 aliphatic heterocycles. The van der Waals surface area contributed by atoms with E-state index in [2.05, 4.69) is 12.1 Å². The van der Waals surface area contributed by atoms with Crippen LogP contribution in [-0.4, -0.2) is 24.7 Å². The zero-order chi connectivity index (χ0) is 20.6. The van der Waals surface area contributed by atoms with Gasteiger partial charge in [-0.3, -0.25) is 9.59 Å². The summed E-state index contributed by atoms with van der Waals surface area (Å²) < 4.78 is 5.52. The average molecular weight is 389 g/mol.